The van der Waals surface area contributed by atoms with E-state index in [9.17, 15) is 19.0 Å². The molecule has 274 valence electrons. The van der Waals surface area contributed by atoms with E-state index in [1.54, 1.807) is 6.92 Å². The van der Waals surface area contributed by atoms with Crippen molar-refractivity contribution in [3.8, 4) is 0 Å². The van der Waals surface area contributed by atoms with Gasteiger partial charge in [0.2, 0.25) is 0 Å². The van der Waals surface area contributed by atoms with Crippen LogP contribution in [0.5, 0.6) is 0 Å². The predicted molar refractivity (Wildman–Crippen MR) is 189 cm³/mol. The summed E-state index contributed by atoms with van der Waals surface area (Å²) in [6.45, 7) is 5.48. The van der Waals surface area contributed by atoms with Gasteiger partial charge in [-0.3, -0.25) is 18.6 Å². The topological polar surface area (TPSA) is 108 Å². The fraction of sp³-hybridized carbons (Fsp3) is 0.946. The molecule has 0 aliphatic rings. The average molecular weight is 677 g/mol. The van der Waals surface area contributed by atoms with E-state index < -0.39 is 19.9 Å². The molecule has 2 atom stereocenters. The lowest BCUT2D eigenvalue weighted by molar-refractivity contribution is -0.161. The first-order valence-corrected chi connectivity index (χ1v) is 20.8. The van der Waals surface area contributed by atoms with E-state index in [2.05, 4.69) is 13.8 Å². The molecule has 8 nitrogen and oxygen atoms in total. The molecule has 0 radical (unpaired) electrons. The van der Waals surface area contributed by atoms with Crippen molar-refractivity contribution in [2.45, 2.75) is 207 Å². The zero-order valence-corrected chi connectivity index (χ0v) is 31.1. The van der Waals surface area contributed by atoms with Crippen LogP contribution >= 0.6 is 7.82 Å². The summed E-state index contributed by atoms with van der Waals surface area (Å²) < 4.78 is 32.5. The third kappa shape index (κ3) is 33.0. The molecule has 0 rings (SSSR count). The molecule has 0 aromatic carbocycles. The summed E-state index contributed by atoms with van der Waals surface area (Å²) in [5.41, 5.74) is 0. The molecule has 0 saturated carbocycles. The van der Waals surface area contributed by atoms with Crippen molar-refractivity contribution in [1.29, 1.82) is 0 Å². The van der Waals surface area contributed by atoms with E-state index in [1.165, 1.54) is 128 Å². The SMILES string of the molecule is CCCCCCCCCCCCCCCCCC(=O)OC(COC(=O)CCCCCCCCCCCCC)COP(=O)(O)OCC. The maximum atomic E-state index is 12.5. The highest BCUT2D eigenvalue weighted by Gasteiger charge is 2.25. The summed E-state index contributed by atoms with van der Waals surface area (Å²) >= 11 is 0. The van der Waals surface area contributed by atoms with Crippen LogP contribution in [-0.2, 0) is 32.7 Å². The number of esters is 2. The van der Waals surface area contributed by atoms with Gasteiger partial charge in [0.05, 0.1) is 13.2 Å². The molecule has 0 bridgehead atoms. The zero-order chi connectivity index (χ0) is 34.0. The molecular formula is C37H73O8P. The monoisotopic (exact) mass is 677 g/mol. The van der Waals surface area contributed by atoms with Gasteiger partial charge in [-0.2, -0.15) is 0 Å². The van der Waals surface area contributed by atoms with Gasteiger partial charge in [-0.25, -0.2) is 4.57 Å². The Morgan fingerprint density at radius 3 is 1.22 bits per heavy atom. The normalized spacial score (nSPS) is 13.4. The first-order valence-electron chi connectivity index (χ1n) is 19.3. The molecule has 0 spiro atoms. The van der Waals surface area contributed by atoms with Gasteiger partial charge in [0.1, 0.15) is 6.61 Å². The van der Waals surface area contributed by atoms with Gasteiger partial charge in [-0.05, 0) is 19.8 Å². The van der Waals surface area contributed by atoms with Crippen LogP contribution in [0.25, 0.3) is 0 Å². The molecule has 0 saturated heterocycles. The Morgan fingerprint density at radius 1 is 0.500 bits per heavy atom. The highest BCUT2D eigenvalue weighted by atomic mass is 31.2. The minimum atomic E-state index is -4.26. The van der Waals surface area contributed by atoms with Crippen LogP contribution in [0.15, 0.2) is 0 Å². The number of unbranched alkanes of at least 4 members (excludes halogenated alkanes) is 24. The first-order chi connectivity index (χ1) is 22.3. The Kier molecular flexibility index (Phi) is 33.2. The van der Waals surface area contributed by atoms with Crippen LogP contribution in [0.2, 0.25) is 0 Å². The summed E-state index contributed by atoms with van der Waals surface area (Å²) in [7, 11) is -4.26. The quantitative estimate of drug-likeness (QED) is 0.0397. The van der Waals surface area contributed by atoms with Gasteiger partial charge < -0.3 is 14.4 Å². The number of rotatable bonds is 36. The molecule has 0 aliphatic heterocycles. The Bertz CT molecular complexity index is 732. The molecule has 0 aromatic rings. The molecular weight excluding hydrogens is 603 g/mol. The lowest BCUT2D eigenvalue weighted by Crippen LogP contribution is -2.29. The first kappa shape index (κ1) is 45.0. The van der Waals surface area contributed by atoms with Crippen molar-refractivity contribution in [2.75, 3.05) is 19.8 Å². The van der Waals surface area contributed by atoms with Crippen LogP contribution in [0, 0.1) is 0 Å². The van der Waals surface area contributed by atoms with Crippen LogP contribution in [0.3, 0.4) is 0 Å². The predicted octanol–water partition coefficient (Wildman–Crippen LogP) is 11.6. The largest absolute Gasteiger partial charge is 0.472 e. The van der Waals surface area contributed by atoms with Crippen molar-refractivity contribution < 1.29 is 37.6 Å². The van der Waals surface area contributed by atoms with Gasteiger partial charge in [0.25, 0.3) is 0 Å². The minimum Gasteiger partial charge on any atom is -0.462 e. The van der Waals surface area contributed by atoms with E-state index in [0.29, 0.717) is 6.42 Å². The summed E-state index contributed by atoms with van der Waals surface area (Å²) in [6, 6.07) is 0. The van der Waals surface area contributed by atoms with Crippen molar-refractivity contribution >= 4 is 19.8 Å². The molecule has 0 heterocycles. The van der Waals surface area contributed by atoms with Crippen LogP contribution in [0.1, 0.15) is 201 Å². The Morgan fingerprint density at radius 2 is 0.848 bits per heavy atom. The molecule has 2 unspecified atom stereocenters. The van der Waals surface area contributed by atoms with Crippen molar-refractivity contribution in [3.63, 3.8) is 0 Å². The fourth-order valence-electron chi connectivity index (χ4n) is 5.57. The smallest absolute Gasteiger partial charge is 0.462 e. The third-order valence-corrected chi connectivity index (χ3v) is 9.47. The maximum Gasteiger partial charge on any atom is 0.472 e. The van der Waals surface area contributed by atoms with E-state index in [4.69, 9.17) is 18.5 Å². The Balaban J connectivity index is 4.10. The second-order valence-electron chi connectivity index (χ2n) is 13.0. The molecule has 9 heteroatoms. The summed E-state index contributed by atoms with van der Waals surface area (Å²) in [4.78, 5) is 34.5. The highest BCUT2D eigenvalue weighted by molar-refractivity contribution is 7.47. The van der Waals surface area contributed by atoms with Gasteiger partial charge in [0.15, 0.2) is 6.10 Å². The lowest BCUT2D eigenvalue weighted by Gasteiger charge is -2.19. The van der Waals surface area contributed by atoms with E-state index in [1.807, 2.05) is 0 Å². The van der Waals surface area contributed by atoms with Gasteiger partial charge in [0, 0.05) is 12.8 Å². The highest BCUT2D eigenvalue weighted by Crippen LogP contribution is 2.43. The second kappa shape index (κ2) is 33.9. The lowest BCUT2D eigenvalue weighted by atomic mass is 10.0. The van der Waals surface area contributed by atoms with E-state index >= 15 is 0 Å². The number of carbonyl (C=O) groups excluding carboxylic acids is 2. The van der Waals surface area contributed by atoms with Crippen LogP contribution < -0.4 is 0 Å². The molecule has 1 N–H and O–H groups in total. The minimum absolute atomic E-state index is 0.00533. The summed E-state index contributed by atoms with van der Waals surface area (Å²) in [5.74, 6) is -0.787. The fourth-order valence-corrected chi connectivity index (χ4v) is 6.33. The van der Waals surface area contributed by atoms with E-state index in [-0.39, 0.29) is 32.2 Å². The molecule has 0 fully saturated rings. The number of phosphoric ester groups is 1. The van der Waals surface area contributed by atoms with Gasteiger partial charge >= 0.3 is 19.8 Å². The number of carbonyl (C=O) groups is 2. The van der Waals surface area contributed by atoms with E-state index in [0.717, 1.165) is 38.5 Å². The van der Waals surface area contributed by atoms with Crippen LogP contribution in [-0.4, -0.2) is 42.8 Å². The Hall–Kier alpha value is -0.950. The number of hydrogen-bond donors (Lipinski definition) is 1. The second-order valence-corrected chi connectivity index (χ2v) is 14.4. The van der Waals surface area contributed by atoms with Crippen LogP contribution in [0.4, 0.5) is 0 Å². The zero-order valence-electron chi connectivity index (χ0n) is 30.2. The Labute approximate surface area is 283 Å². The summed E-state index contributed by atoms with van der Waals surface area (Å²) in [6.07, 6.45) is 31.5. The number of phosphoric acid groups is 1. The van der Waals surface area contributed by atoms with Crippen molar-refractivity contribution in [1.82, 2.24) is 0 Å². The standard InChI is InChI=1S/C37H73O8P/c1-4-7-9-11-13-15-17-18-19-20-22-24-26-28-30-32-37(39)45-35(34-44-46(40,41)43-6-3)33-42-36(38)31-29-27-25-23-21-16-14-12-10-8-5-2/h35H,4-34H2,1-3H3,(H,40,41). The van der Waals surface area contributed by atoms with Crippen molar-refractivity contribution in [2.24, 2.45) is 0 Å². The maximum absolute atomic E-state index is 12.5. The molecule has 46 heavy (non-hydrogen) atoms. The average Bonchev–Trinajstić information content (AvgIpc) is 3.03. The van der Waals surface area contributed by atoms with Gasteiger partial charge in [-0.15, -0.1) is 0 Å². The summed E-state index contributed by atoms with van der Waals surface area (Å²) in [5, 5.41) is 0. The number of hydrogen-bond acceptors (Lipinski definition) is 7. The third-order valence-electron chi connectivity index (χ3n) is 8.41. The van der Waals surface area contributed by atoms with Gasteiger partial charge in [-0.1, -0.05) is 168 Å². The molecule has 0 aromatic heterocycles. The van der Waals surface area contributed by atoms with Crippen molar-refractivity contribution in [3.05, 3.63) is 0 Å². The molecule has 0 amide bonds. The number of ether oxygens (including phenoxy) is 2. The molecule has 0 aliphatic carbocycles.